The molecule has 172 valence electrons. The molecule has 4 fully saturated rings. The quantitative estimate of drug-likeness (QED) is 0.567. The molecule has 4 aliphatic rings. The second-order valence-corrected chi connectivity index (χ2v) is 12.3. The van der Waals surface area contributed by atoms with E-state index in [-0.39, 0.29) is 6.61 Å². The number of nitrogens with one attached hydrogen (secondary N) is 1. The summed E-state index contributed by atoms with van der Waals surface area (Å²) in [5.41, 5.74) is 1.06. The Morgan fingerprint density at radius 2 is 1.77 bits per heavy atom. The molecule has 0 radical (unpaired) electrons. The van der Waals surface area contributed by atoms with Crippen molar-refractivity contribution in [2.45, 2.75) is 104 Å². The van der Waals surface area contributed by atoms with E-state index in [1.807, 2.05) is 0 Å². The number of Topliss-reactive ketones (excluding diaryl/α,β-unsaturated/α-hetero) is 1. The van der Waals surface area contributed by atoms with Crippen molar-refractivity contribution in [2.75, 3.05) is 13.2 Å². The average Bonchev–Trinajstić information content (AvgIpc) is 3.07. The summed E-state index contributed by atoms with van der Waals surface area (Å²) in [4.78, 5) is 11.5. The molecule has 2 N–H and O–H groups in total. The summed E-state index contributed by atoms with van der Waals surface area (Å²) in [6.45, 7) is 10.5. The van der Waals surface area contributed by atoms with E-state index in [4.69, 9.17) is 0 Å². The van der Waals surface area contributed by atoms with Crippen LogP contribution in [0.4, 0.5) is 0 Å². The normalized spacial score (nSPS) is 46.6. The van der Waals surface area contributed by atoms with Crippen LogP contribution in [0.5, 0.6) is 0 Å². The minimum atomic E-state index is 0.259. The molecule has 0 aromatic heterocycles. The van der Waals surface area contributed by atoms with Gasteiger partial charge in [-0.25, -0.2) is 0 Å². The van der Waals surface area contributed by atoms with E-state index >= 15 is 0 Å². The van der Waals surface area contributed by atoms with Gasteiger partial charge < -0.3 is 15.2 Å². The molecule has 3 nitrogen and oxygen atoms in total. The second-order valence-electron chi connectivity index (χ2n) is 12.3. The molecule has 0 aromatic carbocycles. The van der Waals surface area contributed by atoms with Crippen molar-refractivity contribution in [2.24, 2.45) is 46.3 Å². The Balaban J connectivity index is 1.45. The van der Waals surface area contributed by atoms with Gasteiger partial charge in [-0.15, -0.1) is 0 Å². The standard InChI is InChI=1S/C27H47NO2/c1-18(5-6-19(2)30)23-9-10-24-22-8-7-20-17-21(28-15-16-29)11-13-26(20,3)25(22)12-14-27(23,24)4/h18,20-25,28-29H,5-17H2,1-4H3/t18-,20?,21-,22?,23-,24?,25?,26+,27-/m1/s1. The predicted molar refractivity (Wildman–Crippen MR) is 123 cm³/mol. The smallest absolute Gasteiger partial charge is 0.129 e. The topological polar surface area (TPSA) is 49.3 Å². The highest BCUT2D eigenvalue weighted by molar-refractivity contribution is 5.75. The molecule has 4 rings (SSSR count). The lowest BCUT2D eigenvalue weighted by molar-refractivity contribution is -0.120. The lowest BCUT2D eigenvalue weighted by atomic mass is 9.44. The van der Waals surface area contributed by atoms with Gasteiger partial charge in [-0.1, -0.05) is 20.8 Å². The predicted octanol–water partition coefficient (Wildman–Crippen LogP) is 5.60. The third-order valence-electron chi connectivity index (χ3n) is 10.9. The molecule has 3 heteroatoms. The molecule has 0 spiro atoms. The Labute approximate surface area is 185 Å². The molecule has 4 saturated carbocycles. The molecule has 0 saturated heterocycles. The van der Waals surface area contributed by atoms with Crippen LogP contribution in [0.15, 0.2) is 0 Å². The lowest BCUT2D eigenvalue weighted by Crippen LogP contribution is -2.55. The first-order valence-corrected chi connectivity index (χ1v) is 13.1. The number of hydrogen-bond donors (Lipinski definition) is 2. The Morgan fingerprint density at radius 1 is 1.03 bits per heavy atom. The number of fused-ring (bicyclic) bond motifs is 5. The van der Waals surface area contributed by atoms with E-state index in [1.165, 1.54) is 57.8 Å². The Bertz CT molecular complexity index is 620. The van der Waals surface area contributed by atoms with Gasteiger partial charge in [0.2, 0.25) is 0 Å². The van der Waals surface area contributed by atoms with Crippen molar-refractivity contribution in [3.63, 3.8) is 0 Å². The van der Waals surface area contributed by atoms with Crippen LogP contribution in [0.25, 0.3) is 0 Å². The highest BCUT2D eigenvalue weighted by atomic mass is 16.3. The maximum absolute atomic E-state index is 11.5. The Kier molecular flexibility index (Phi) is 6.72. The maximum Gasteiger partial charge on any atom is 0.129 e. The average molecular weight is 418 g/mol. The zero-order valence-corrected chi connectivity index (χ0v) is 20.1. The van der Waals surface area contributed by atoms with Crippen LogP contribution in [0.3, 0.4) is 0 Å². The van der Waals surface area contributed by atoms with Crippen LogP contribution in [0, 0.1) is 46.3 Å². The first kappa shape index (κ1) is 22.8. The van der Waals surface area contributed by atoms with Gasteiger partial charge in [0.1, 0.15) is 5.78 Å². The second kappa shape index (κ2) is 8.85. The van der Waals surface area contributed by atoms with Crippen molar-refractivity contribution in [1.29, 1.82) is 0 Å². The zero-order valence-electron chi connectivity index (χ0n) is 20.1. The largest absolute Gasteiger partial charge is 0.395 e. The first-order valence-electron chi connectivity index (χ1n) is 13.1. The van der Waals surface area contributed by atoms with Crippen molar-refractivity contribution < 1.29 is 9.90 Å². The number of hydrogen-bond acceptors (Lipinski definition) is 3. The molecule has 0 aromatic rings. The van der Waals surface area contributed by atoms with Gasteiger partial charge >= 0.3 is 0 Å². The van der Waals surface area contributed by atoms with Gasteiger partial charge in [0.25, 0.3) is 0 Å². The van der Waals surface area contributed by atoms with Crippen LogP contribution in [0.2, 0.25) is 0 Å². The molecule has 0 aliphatic heterocycles. The Morgan fingerprint density at radius 3 is 2.50 bits per heavy atom. The molecular formula is C27H47NO2. The summed E-state index contributed by atoms with van der Waals surface area (Å²) in [5.74, 6) is 5.55. The van der Waals surface area contributed by atoms with Gasteiger partial charge in [0.05, 0.1) is 6.61 Å². The van der Waals surface area contributed by atoms with E-state index in [0.717, 1.165) is 49.0 Å². The van der Waals surface area contributed by atoms with E-state index in [0.29, 0.717) is 28.6 Å². The molecule has 0 bridgehead atoms. The van der Waals surface area contributed by atoms with E-state index in [9.17, 15) is 9.90 Å². The molecule has 4 unspecified atom stereocenters. The fourth-order valence-corrected chi connectivity index (χ4v) is 9.32. The van der Waals surface area contributed by atoms with Gasteiger partial charge in [0.15, 0.2) is 0 Å². The molecule has 0 heterocycles. The number of carbonyl (C=O) groups is 1. The number of ketones is 1. The van der Waals surface area contributed by atoms with Gasteiger partial charge in [-0.05, 0) is 117 Å². The Hall–Kier alpha value is -0.410. The summed E-state index contributed by atoms with van der Waals surface area (Å²) in [5, 5.41) is 12.8. The number of carbonyl (C=O) groups excluding carboxylic acids is 1. The monoisotopic (exact) mass is 417 g/mol. The summed E-state index contributed by atoms with van der Waals surface area (Å²) in [6.07, 6.45) is 14.4. The minimum Gasteiger partial charge on any atom is -0.395 e. The van der Waals surface area contributed by atoms with Crippen molar-refractivity contribution in [3.05, 3.63) is 0 Å². The highest BCUT2D eigenvalue weighted by Gasteiger charge is 2.60. The summed E-state index contributed by atoms with van der Waals surface area (Å²) in [7, 11) is 0. The SMILES string of the molecule is CC(=O)CC[C@@H](C)[C@H]1CCC2C3CCC4C[C@H](NCCO)CC[C@]4(C)C3CC[C@@]21C. The summed E-state index contributed by atoms with van der Waals surface area (Å²) < 4.78 is 0. The highest BCUT2D eigenvalue weighted by Crippen LogP contribution is 2.68. The van der Waals surface area contributed by atoms with E-state index in [1.54, 1.807) is 6.92 Å². The summed E-state index contributed by atoms with van der Waals surface area (Å²) in [6, 6.07) is 0.624. The van der Waals surface area contributed by atoms with Gasteiger partial charge in [-0.2, -0.15) is 0 Å². The van der Waals surface area contributed by atoms with Crippen LogP contribution in [-0.2, 0) is 4.79 Å². The number of aliphatic hydroxyl groups excluding tert-OH is 1. The number of aliphatic hydroxyl groups is 1. The third-order valence-corrected chi connectivity index (χ3v) is 10.9. The molecule has 4 aliphatic carbocycles. The van der Waals surface area contributed by atoms with Gasteiger partial charge in [-0.3, -0.25) is 0 Å². The summed E-state index contributed by atoms with van der Waals surface area (Å²) >= 11 is 0. The molecule has 0 amide bonds. The fourth-order valence-electron chi connectivity index (χ4n) is 9.32. The van der Waals surface area contributed by atoms with Crippen LogP contribution >= 0.6 is 0 Å². The van der Waals surface area contributed by atoms with Crippen LogP contribution in [0.1, 0.15) is 98.3 Å². The van der Waals surface area contributed by atoms with Crippen molar-refractivity contribution >= 4 is 5.78 Å². The fraction of sp³-hybridized carbons (Fsp3) is 0.963. The van der Waals surface area contributed by atoms with Crippen molar-refractivity contribution in [1.82, 2.24) is 5.32 Å². The first-order chi connectivity index (χ1) is 14.3. The van der Waals surface area contributed by atoms with Crippen molar-refractivity contribution in [3.8, 4) is 0 Å². The number of rotatable bonds is 7. The molecular weight excluding hydrogens is 370 g/mol. The van der Waals surface area contributed by atoms with Crippen LogP contribution < -0.4 is 5.32 Å². The molecule has 30 heavy (non-hydrogen) atoms. The maximum atomic E-state index is 11.5. The molecule has 9 atom stereocenters. The van der Waals surface area contributed by atoms with Crippen LogP contribution in [-0.4, -0.2) is 30.1 Å². The van der Waals surface area contributed by atoms with Gasteiger partial charge in [0, 0.05) is 19.0 Å². The zero-order chi connectivity index (χ0) is 21.5. The van der Waals surface area contributed by atoms with E-state index in [2.05, 4.69) is 26.1 Å². The lowest BCUT2D eigenvalue weighted by Gasteiger charge is -2.61. The van der Waals surface area contributed by atoms with E-state index < -0.39 is 0 Å². The third kappa shape index (κ3) is 3.91. The minimum absolute atomic E-state index is 0.259.